The number of pyridine rings is 1. The molecule has 0 aromatic carbocycles. The Morgan fingerprint density at radius 2 is 2.05 bits per heavy atom. The second kappa shape index (κ2) is 7.24. The fourth-order valence-electron chi connectivity index (χ4n) is 2.76. The number of nitrogens with one attached hydrogen (secondary N) is 2. The van der Waals surface area contributed by atoms with Crippen LogP contribution in [0.15, 0.2) is 12.1 Å². The molecule has 6 heteroatoms. The van der Waals surface area contributed by atoms with Crippen molar-refractivity contribution in [2.45, 2.75) is 52.0 Å². The van der Waals surface area contributed by atoms with Crippen molar-refractivity contribution in [2.75, 3.05) is 17.2 Å². The van der Waals surface area contributed by atoms with Gasteiger partial charge in [-0.15, -0.1) is 0 Å². The molecule has 0 radical (unpaired) electrons. The molecule has 2 atom stereocenters. The minimum atomic E-state index is -0.367. The normalized spacial score (nSPS) is 21.8. The molecule has 0 bridgehead atoms. The number of aromatic nitrogens is 1. The van der Waals surface area contributed by atoms with E-state index in [1.165, 1.54) is 31.4 Å². The Hall–Kier alpha value is -1.85. The summed E-state index contributed by atoms with van der Waals surface area (Å²) in [7, 11) is 0. The zero-order valence-corrected chi connectivity index (χ0v) is 12.8. The first-order valence-corrected chi connectivity index (χ1v) is 7.77. The molecule has 1 aliphatic carbocycles. The van der Waals surface area contributed by atoms with Gasteiger partial charge in [-0.05, 0) is 25.2 Å². The van der Waals surface area contributed by atoms with Crippen molar-refractivity contribution in [3.05, 3.63) is 22.2 Å². The fourth-order valence-corrected chi connectivity index (χ4v) is 2.76. The van der Waals surface area contributed by atoms with Gasteiger partial charge in [-0.3, -0.25) is 10.1 Å². The number of rotatable bonds is 6. The van der Waals surface area contributed by atoms with Gasteiger partial charge in [-0.1, -0.05) is 26.7 Å². The lowest BCUT2D eigenvalue weighted by Crippen LogP contribution is -2.30. The van der Waals surface area contributed by atoms with Crippen molar-refractivity contribution >= 4 is 17.3 Å². The summed E-state index contributed by atoms with van der Waals surface area (Å²) in [6, 6.07) is 3.37. The Balaban J connectivity index is 2.16. The third-order valence-corrected chi connectivity index (χ3v) is 4.02. The Kier molecular flexibility index (Phi) is 5.36. The molecule has 2 unspecified atom stereocenters. The summed E-state index contributed by atoms with van der Waals surface area (Å²) in [4.78, 5) is 15.1. The van der Waals surface area contributed by atoms with E-state index in [1.807, 2.05) is 6.92 Å². The molecule has 2 rings (SSSR count). The van der Waals surface area contributed by atoms with Gasteiger partial charge in [0.15, 0.2) is 0 Å². The third-order valence-electron chi connectivity index (χ3n) is 4.02. The number of anilines is 2. The van der Waals surface area contributed by atoms with Gasteiger partial charge >= 0.3 is 0 Å². The quantitative estimate of drug-likeness (QED) is 0.615. The van der Waals surface area contributed by atoms with Gasteiger partial charge in [0, 0.05) is 12.6 Å². The van der Waals surface area contributed by atoms with Gasteiger partial charge in [-0.2, -0.15) is 0 Å². The molecule has 116 valence electrons. The average Bonchev–Trinajstić information content (AvgIpc) is 2.47. The van der Waals surface area contributed by atoms with Crippen molar-refractivity contribution in [2.24, 2.45) is 5.92 Å². The summed E-state index contributed by atoms with van der Waals surface area (Å²) in [5.74, 6) is 1.74. The maximum absolute atomic E-state index is 11.1. The molecule has 1 aromatic rings. The molecule has 1 saturated carbocycles. The minimum Gasteiger partial charge on any atom is -0.370 e. The van der Waals surface area contributed by atoms with Crippen LogP contribution in [0.1, 0.15) is 46.0 Å². The second-order valence-electron chi connectivity index (χ2n) is 5.79. The van der Waals surface area contributed by atoms with Gasteiger partial charge < -0.3 is 10.6 Å². The van der Waals surface area contributed by atoms with Gasteiger partial charge in [0.05, 0.1) is 17.1 Å². The highest BCUT2D eigenvalue weighted by Crippen LogP contribution is 2.28. The van der Waals surface area contributed by atoms with Crippen LogP contribution in [0, 0.1) is 16.0 Å². The summed E-state index contributed by atoms with van der Waals surface area (Å²) in [5, 5.41) is 17.6. The van der Waals surface area contributed by atoms with E-state index in [1.54, 1.807) is 0 Å². The van der Waals surface area contributed by atoms with E-state index in [-0.39, 0.29) is 10.6 Å². The number of hydrogen-bond acceptors (Lipinski definition) is 5. The van der Waals surface area contributed by atoms with Crippen LogP contribution in [-0.2, 0) is 0 Å². The first-order valence-electron chi connectivity index (χ1n) is 7.77. The van der Waals surface area contributed by atoms with Gasteiger partial charge in [-0.25, -0.2) is 4.98 Å². The molecule has 0 aliphatic heterocycles. The highest BCUT2D eigenvalue weighted by atomic mass is 16.6. The Morgan fingerprint density at radius 1 is 1.33 bits per heavy atom. The number of nitrogens with zero attached hydrogens (tertiary/aromatic N) is 2. The van der Waals surface area contributed by atoms with E-state index in [0.717, 1.165) is 19.4 Å². The molecular weight excluding hydrogens is 268 g/mol. The maximum Gasteiger partial charge on any atom is 0.276 e. The molecule has 0 saturated heterocycles. The van der Waals surface area contributed by atoms with Gasteiger partial charge in [0.25, 0.3) is 5.69 Å². The van der Waals surface area contributed by atoms with Crippen LogP contribution in [0.5, 0.6) is 0 Å². The predicted octanol–water partition coefficient (Wildman–Crippen LogP) is 3.80. The van der Waals surface area contributed by atoms with E-state index in [2.05, 4.69) is 22.5 Å². The molecule has 1 heterocycles. The SMILES string of the molecule is CCCNc1cc([N+](=O)[O-])cc(NC2CCCCC2C)n1. The van der Waals surface area contributed by atoms with Crippen LogP contribution in [0.25, 0.3) is 0 Å². The summed E-state index contributed by atoms with van der Waals surface area (Å²) < 4.78 is 0. The lowest BCUT2D eigenvalue weighted by Gasteiger charge is -2.30. The van der Waals surface area contributed by atoms with Crippen LogP contribution >= 0.6 is 0 Å². The van der Waals surface area contributed by atoms with E-state index >= 15 is 0 Å². The number of nitro groups is 1. The van der Waals surface area contributed by atoms with Crippen molar-refractivity contribution in [1.82, 2.24) is 4.98 Å². The molecule has 1 aliphatic rings. The topological polar surface area (TPSA) is 80.1 Å². The molecule has 21 heavy (non-hydrogen) atoms. The summed E-state index contributed by atoms with van der Waals surface area (Å²) in [5.41, 5.74) is 0.0783. The molecule has 1 fully saturated rings. The zero-order valence-electron chi connectivity index (χ0n) is 12.8. The highest BCUT2D eigenvalue weighted by Gasteiger charge is 2.22. The summed E-state index contributed by atoms with van der Waals surface area (Å²) >= 11 is 0. The van der Waals surface area contributed by atoms with Crippen molar-refractivity contribution < 1.29 is 4.92 Å². The molecule has 6 nitrogen and oxygen atoms in total. The Bertz CT molecular complexity index is 493. The maximum atomic E-state index is 11.1. The smallest absolute Gasteiger partial charge is 0.276 e. The van der Waals surface area contributed by atoms with E-state index < -0.39 is 0 Å². The average molecular weight is 292 g/mol. The lowest BCUT2D eigenvalue weighted by molar-refractivity contribution is -0.384. The van der Waals surface area contributed by atoms with Gasteiger partial charge in [0.1, 0.15) is 11.6 Å². The summed E-state index contributed by atoms with van der Waals surface area (Å²) in [6.07, 6.45) is 5.73. The zero-order chi connectivity index (χ0) is 15.2. The van der Waals surface area contributed by atoms with Crippen LogP contribution in [-0.4, -0.2) is 22.5 Å². The largest absolute Gasteiger partial charge is 0.370 e. The predicted molar refractivity (Wildman–Crippen MR) is 84.7 cm³/mol. The standard InChI is InChI=1S/C15H24N4O2/c1-3-8-16-14-9-12(19(20)21)10-15(18-14)17-13-7-5-4-6-11(13)2/h9-11,13H,3-8H2,1-2H3,(H2,16,17,18). The molecular formula is C15H24N4O2. The highest BCUT2D eigenvalue weighted by molar-refractivity contribution is 5.55. The van der Waals surface area contributed by atoms with Crippen LogP contribution in [0.2, 0.25) is 0 Å². The van der Waals surface area contributed by atoms with Crippen molar-refractivity contribution in [1.29, 1.82) is 0 Å². The van der Waals surface area contributed by atoms with Crippen molar-refractivity contribution in [3.8, 4) is 0 Å². The van der Waals surface area contributed by atoms with Crippen molar-refractivity contribution in [3.63, 3.8) is 0 Å². The molecule has 0 spiro atoms. The van der Waals surface area contributed by atoms with E-state index in [0.29, 0.717) is 23.6 Å². The number of hydrogen-bond donors (Lipinski definition) is 2. The monoisotopic (exact) mass is 292 g/mol. The molecule has 2 N–H and O–H groups in total. The Labute approximate surface area is 125 Å². The van der Waals surface area contributed by atoms with Crippen LogP contribution in [0.3, 0.4) is 0 Å². The molecule has 0 amide bonds. The Morgan fingerprint density at radius 3 is 2.71 bits per heavy atom. The first kappa shape index (κ1) is 15.5. The van der Waals surface area contributed by atoms with E-state index in [4.69, 9.17) is 0 Å². The van der Waals surface area contributed by atoms with E-state index in [9.17, 15) is 10.1 Å². The third kappa shape index (κ3) is 4.31. The minimum absolute atomic E-state index is 0.0783. The second-order valence-corrected chi connectivity index (χ2v) is 5.79. The summed E-state index contributed by atoms with van der Waals surface area (Å²) in [6.45, 7) is 5.03. The first-order chi connectivity index (χ1) is 10.1. The fraction of sp³-hybridized carbons (Fsp3) is 0.667. The molecule has 1 aromatic heterocycles. The lowest BCUT2D eigenvalue weighted by atomic mass is 9.86. The van der Waals surface area contributed by atoms with Gasteiger partial charge in [0.2, 0.25) is 0 Å². The van der Waals surface area contributed by atoms with Crippen LogP contribution in [0.4, 0.5) is 17.3 Å². The van der Waals surface area contributed by atoms with Crippen LogP contribution < -0.4 is 10.6 Å².